The summed E-state index contributed by atoms with van der Waals surface area (Å²) in [6.45, 7) is 12.0. The van der Waals surface area contributed by atoms with Crippen LogP contribution in [0, 0.1) is 5.92 Å². The molecule has 0 aromatic carbocycles. The first-order chi connectivity index (χ1) is 8.61. The topological polar surface area (TPSA) is 18.5 Å². The fourth-order valence-electron chi connectivity index (χ4n) is 3.50. The summed E-state index contributed by atoms with van der Waals surface area (Å²) in [6, 6.07) is 2.27. The van der Waals surface area contributed by atoms with Gasteiger partial charge in [-0.15, -0.1) is 0 Å². The van der Waals surface area contributed by atoms with Crippen LogP contribution in [0.25, 0.3) is 0 Å². The maximum atomic E-state index is 3.73. The van der Waals surface area contributed by atoms with Crippen molar-refractivity contribution in [3.8, 4) is 0 Å². The maximum Gasteiger partial charge on any atom is 0.0247 e. The highest BCUT2D eigenvalue weighted by Crippen LogP contribution is 2.24. The first kappa shape index (κ1) is 14.3. The molecule has 3 heteroatoms. The molecular formula is C15H31N3. The first-order valence-corrected chi connectivity index (χ1v) is 7.79. The van der Waals surface area contributed by atoms with Gasteiger partial charge in [0, 0.05) is 31.2 Å². The molecule has 0 bridgehead atoms. The SMILES string of the molecule is CCC1CN(C2CCN(C)CC2)C(C(C)C)CN1. The van der Waals surface area contributed by atoms with Crippen LogP contribution in [0.1, 0.15) is 40.0 Å². The lowest BCUT2D eigenvalue weighted by Gasteiger charge is -2.48. The van der Waals surface area contributed by atoms with E-state index in [-0.39, 0.29) is 0 Å². The van der Waals surface area contributed by atoms with Crippen LogP contribution in [0.5, 0.6) is 0 Å². The van der Waals surface area contributed by atoms with Gasteiger partial charge in [0.15, 0.2) is 0 Å². The summed E-state index contributed by atoms with van der Waals surface area (Å²) in [5, 5.41) is 3.73. The van der Waals surface area contributed by atoms with E-state index in [1.54, 1.807) is 0 Å². The summed E-state index contributed by atoms with van der Waals surface area (Å²) < 4.78 is 0. The Morgan fingerprint density at radius 3 is 2.44 bits per heavy atom. The van der Waals surface area contributed by atoms with Gasteiger partial charge < -0.3 is 10.2 Å². The Bertz CT molecular complexity index is 246. The molecule has 0 spiro atoms. The highest BCUT2D eigenvalue weighted by molar-refractivity contribution is 4.92. The second-order valence-corrected chi connectivity index (χ2v) is 6.56. The van der Waals surface area contributed by atoms with Crippen molar-refractivity contribution in [2.75, 3.05) is 33.2 Å². The molecule has 2 fully saturated rings. The molecule has 0 aliphatic carbocycles. The lowest BCUT2D eigenvalue weighted by Crippen LogP contribution is -2.62. The van der Waals surface area contributed by atoms with E-state index < -0.39 is 0 Å². The number of hydrogen-bond donors (Lipinski definition) is 1. The Labute approximate surface area is 113 Å². The van der Waals surface area contributed by atoms with Crippen molar-refractivity contribution < 1.29 is 0 Å². The molecule has 2 atom stereocenters. The minimum atomic E-state index is 0.708. The lowest BCUT2D eigenvalue weighted by molar-refractivity contribution is 0.0272. The number of nitrogens with one attached hydrogen (secondary N) is 1. The van der Waals surface area contributed by atoms with Crippen LogP contribution in [0.4, 0.5) is 0 Å². The van der Waals surface area contributed by atoms with Crippen LogP contribution in [0.3, 0.4) is 0 Å². The monoisotopic (exact) mass is 253 g/mol. The smallest absolute Gasteiger partial charge is 0.0247 e. The molecule has 0 radical (unpaired) electrons. The maximum absolute atomic E-state index is 3.73. The second-order valence-electron chi connectivity index (χ2n) is 6.56. The number of piperidine rings is 1. The zero-order valence-electron chi connectivity index (χ0n) is 12.7. The molecule has 0 aromatic rings. The lowest BCUT2D eigenvalue weighted by atomic mass is 9.92. The fourth-order valence-corrected chi connectivity index (χ4v) is 3.50. The Morgan fingerprint density at radius 1 is 1.22 bits per heavy atom. The third kappa shape index (κ3) is 3.25. The summed E-state index contributed by atoms with van der Waals surface area (Å²) >= 11 is 0. The predicted molar refractivity (Wildman–Crippen MR) is 77.9 cm³/mol. The van der Waals surface area contributed by atoms with Gasteiger partial charge >= 0.3 is 0 Å². The molecule has 18 heavy (non-hydrogen) atoms. The van der Waals surface area contributed by atoms with Gasteiger partial charge in [0.05, 0.1) is 0 Å². The van der Waals surface area contributed by atoms with Crippen LogP contribution in [0.2, 0.25) is 0 Å². The van der Waals surface area contributed by atoms with Crippen molar-refractivity contribution in [1.82, 2.24) is 15.1 Å². The molecule has 2 unspecified atom stereocenters. The van der Waals surface area contributed by atoms with Crippen LogP contribution < -0.4 is 5.32 Å². The van der Waals surface area contributed by atoms with E-state index in [0.717, 1.165) is 18.0 Å². The van der Waals surface area contributed by atoms with Crippen molar-refractivity contribution in [3.05, 3.63) is 0 Å². The van der Waals surface area contributed by atoms with Gasteiger partial charge in [0.1, 0.15) is 0 Å². The number of rotatable bonds is 3. The Balaban J connectivity index is 2.00. The number of hydrogen-bond acceptors (Lipinski definition) is 3. The average Bonchev–Trinajstić information content (AvgIpc) is 2.38. The minimum Gasteiger partial charge on any atom is -0.311 e. The Hall–Kier alpha value is -0.120. The molecule has 106 valence electrons. The molecule has 2 aliphatic rings. The van der Waals surface area contributed by atoms with E-state index in [9.17, 15) is 0 Å². The quantitative estimate of drug-likeness (QED) is 0.827. The number of piperazine rings is 1. The van der Waals surface area contributed by atoms with Gasteiger partial charge in [0.2, 0.25) is 0 Å². The molecule has 2 heterocycles. The van der Waals surface area contributed by atoms with Crippen molar-refractivity contribution >= 4 is 0 Å². The third-order valence-corrected chi connectivity index (χ3v) is 4.89. The van der Waals surface area contributed by atoms with Crippen LogP contribution in [0.15, 0.2) is 0 Å². The van der Waals surface area contributed by atoms with Crippen molar-refractivity contribution in [2.45, 2.75) is 58.2 Å². The second kappa shape index (κ2) is 6.36. The molecule has 2 aliphatic heterocycles. The normalized spacial score (nSPS) is 33.2. The van der Waals surface area contributed by atoms with Gasteiger partial charge in [0.25, 0.3) is 0 Å². The zero-order chi connectivity index (χ0) is 13.1. The van der Waals surface area contributed by atoms with Crippen LogP contribution >= 0.6 is 0 Å². The highest BCUT2D eigenvalue weighted by atomic mass is 15.3. The highest BCUT2D eigenvalue weighted by Gasteiger charge is 2.34. The van der Waals surface area contributed by atoms with Gasteiger partial charge in [-0.3, -0.25) is 4.90 Å². The van der Waals surface area contributed by atoms with E-state index in [1.807, 2.05) is 0 Å². The molecule has 3 nitrogen and oxygen atoms in total. The zero-order valence-corrected chi connectivity index (χ0v) is 12.7. The van der Waals surface area contributed by atoms with Crippen molar-refractivity contribution in [1.29, 1.82) is 0 Å². The predicted octanol–water partition coefficient (Wildman–Crippen LogP) is 1.79. The van der Waals surface area contributed by atoms with Crippen molar-refractivity contribution in [2.24, 2.45) is 5.92 Å². The largest absolute Gasteiger partial charge is 0.311 e. The standard InChI is InChI=1S/C15H31N3/c1-5-13-11-18(15(10-16-13)12(2)3)14-6-8-17(4)9-7-14/h12-16H,5-11H2,1-4H3. The van der Waals surface area contributed by atoms with Gasteiger partial charge in [-0.2, -0.15) is 0 Å². The molecule has 1 N–H and O–H groups in total. The van der Waals surface area contributed by atoms with Crippen molar-refractivity contribution in [3.63, 3.8) is 0 Å². The Kier molecular flexibility index (Phi) is 5.05. The molecule has 0 amide bonds. The van der Waals surface area contributed by atoms with E-state index in [4.69, 9.17) is 0 Å². The van der Waals surface area contributed by atoms with Crippen LogP contribution in [-0.2, 0) is 0 Å². The van der Waals surface area contributed by atoms with E-state index in [0.29, 0.717) is 6.04 Å². The summed E-state index contributed by atoms with van der Waals surface area (Å²) in [7, 11) is 2.25. The molecule has 2 rings (SSSR count). The number of nitrogens with zero attached hydrogens (tertiary/aromatic N) is 2. The van der Waals surface area contributed by atoms with Gasteiger partial charge in [-0.25, -0.2) is 0 Å². The summed E-state index contributed by atoms with van der Waals surface area (Å²) in [4.78, 5) is 5.31. The number of likely N-dealkylation sites (tertiary alicyclic amines) is 1. The third-order valence-electron chi connectivity index (χ3n) is 4.89. The van der Waals surface area contributed by atoms with E-state index in [1.165, 1.54) is 45.4 Å². The summed E-state index contributed by atoms with van der Waals surface area (Å²) in [5.41, 5.74) is 0. The van der Waals surface area contributed by atoms with E-state index >= 15 is 0 Å². The van der Waals surface area contributed by atoms with E-state index in [2.05, 4.69) is 42.9 Å². The van der Waals surface area contributed by atoms with Gasteiger partial charge in [-0.05, 0) is 45.3 Å². The molecule has 0 aromatic heterocycles. The summed E-state index contributed by atoms with van der Waals surface area (Å²) in [6.07, 6.45) is 3.97. The summed E-state index contributed by atoms with van der Waals surface area (Å²) in [5.74, 6) is 0.759. The molecule has 0 saturated carbocycles. The fraction of sp³-hybridized carbons (Fsp3) is 1.00. The molecule has 2 saturated heterocycles. The van der Waals surface area contributed by atoms with Gasteiger partial charge in [-0.1, -0.05) is 20.8 Å². The average molecular weight is 253 g/mol. The molecular weight excluding hydrogens is 222 g/mol. The first-order valence-electron chi connectivity index (χ1n) is 7.79. The Morgan fingerprint density at radius 2 is 1.89 bits per heavy atom. The van der Waals surface area contributed by atoms with Crippen LogP contribution in [-0.4, -0.2) is 61.2 Å². The minimum absolute atomic E-state index is 0.708.